The zero-order valence-electron chi connectivity index (χ0n) is 6.60. The fourth-order valence-electron chi connectivity index (χ4n) is 0.316. The molecule has 0 rings (SSSR count). The molecule has 0 saturated heterocycles. The monoisotopic (exact) mass is 146 g/mol. The molecule has 4 heteroatoms. The number of hydrogen-bond donors (Lipinski definition) is 2. The predicted molar refractivity (Wildman–Crippen MR) is 37.7 cm³/mol. The molecule has 10 heavy (non-hydrogen) atoms. The zero-order valence-corrected chi connectivity index (χ0v) is 6.60. The van der Waals surface area contributed by atoms with Gasteiger partial charge in [0.1, 0.15) is 0 Å². The van der Waals surface area contributed by atoms with Crippen molar-refractivity contribution in [3.8, 4) is 0 Å². The summed E-state index contributed by atoms with van der Waals surface area (Å²) in [5.41, 5.74) is 4.61. The molecule has 0 heterocycles. The minimum Gasteiger partial charge on any atom is -0.282 e. The predicted octanol–water partition coefficient (Wildman–Crippen LogP) is 0.215. The van der Waals surface area contributed by atoms with Gasteiger partial charge in [0.05, 0.1) is 6.61 Å². The number of amides is 1. The van der Waals surface area contributed by atoms with Crippen LogP contribution in [0.5, 0.6) is 0 Å². The van der Waals surface area contributed by atoms with Gasteiger partial charge >= 0.3 is 0 Å². The Hall–Kier alpha value is -0.610. The van der Waals surface area contributed by atoms with E-state index in [1.807, 2.05) is 13.8 Å². The second-order valence-corrected chi connectivity index (χ2v) is 2.49. The molecule has 0 atom stereocenters. The van der Waals surface area contributed by atoms with Crippen molar-refractivity contribution in [1.29, 1.82) is 0 Å². The van der Waals surface area contributed by atoms with Gasteiger partial charge in [-0.2, -0.15) is 0 Å². The van der Waals surface area contributed by atoms with Gasteiger partial charge in [0, 0.05) is 6.92 Å². The average molecular weight is 146 g/mol. The van der Waals surface area contributed by atoms with E-state index in [1.54, 1.807) is 0 Å². The SMILES string of the molecule is CC(=O)NNOCC(C)C. The van der Waals surface area contributed by atoms with Crippen LogP contribution in [0.4, 0.5) is 0 Å². The maximum atomic E-state index is 10.2. The Bertz CT molecular complexity index is 104. The summed E-state index contributed by atoms with van der Waals surface area (Å²) in [6.07, 6.45) is 0. The number of carbonyl (C=O) groups excluding carboxylic acids is 1. The van der Waals surface area contributed by atoms with E-state index in [4.69, 9.17) is 4.84 Å². The lowest BCUT2D eigenvalue weighted by molar-refractivity contribution is -0.125. The van der Waals surface area contributed by atoms with Crippen LogP contribution >= 0.6 is 0 Å². The molecule has 0 aromatic rings. The summed E-state index contributed by atoms with van der Waals surface area (Å²) in [6.45, 7) is 6.04. The van der Waals surface area contributed by atoms with Gasteiger partial charge < -0.3 is 0 Å². The van der Waals surface area contributed by atoms with Crippen molar-refractivity contribution in [2.45, 2.75) is 20.8 Å². The lowest BCUT2D eigenvalue weighted by atomic mass is 10.2. The Morgan fingerprint density at radius 2 is 2.20 bits per heavy atom. The van der Waals surface area contributed by atoms with Crippen LogP contribution in [0, 0.1) is 5.92 Å². The highest BCUT2D eigenvalue weighted by Crippen LogP contribution is 1.88. The van der Waals surface area contributed by atoms with Crippen LogP contribution in [0.3, 0.4) is 0 Å². The summed E-state index contributed by atoms with van der Waals surface area (Å²) in [5.74, 6) is 0.296. The fourth-order valence-corrected chi connectivity index (χ4v) is 0.316. The van der Waals surface area contributed by atoms with E-state index in [0.717, 1.165) is 0 Å². The maximum absolute atomic E-state index is 10.2. The Balaban J connectivity index is 2.98. The number of carbonyl (C=O) groups is 1. The van der Waals surface area contributed by atoms with Crippen LogP contribution in [-0.2, 0) is 9.63 Å². The van der Waals surface area contributed by atoms with Crippen LogP contribution in [0.15, 0.2) is 0 Å². The van der Waals surface area contributed by atoms with Crippen molar-refractivity contribution in [2.75, 3.05) is 6.61 Å². The lowest BCUT2D eigenvalue weighted by Crippen LogP contribution is -2.36. The lowest BCUT2D eigenvalue weighted by Gasteiger charge is -2.06. The number of nitrogens with one attached hydrogen (secondary N) is 2. The first-order chi connectivity index (χ1) is 4.63. The summed E-state index contributed by atoms with van der Waals surface area (Å²) in [5, 5.41) is 0. The molecule has 0 radical (unpaired) electrons. The molecule has 0 aliphatic rings. The molecule has 60 valence electrons. The molecule has 0 saturated carbocycles. The van der Waals surface area contributed by atoms with E-state index in [2.05, 4.69) is 11.0 Å². The Morgan fingerprint density at radius 1 is 1.60 bits per heavy atom. The summed E-state index contributed by atoms with van der Waals surface area (Å²) in [7, 11) is 0. The van der Waals surface area contributed by atoms with Crippen LogP contribution in [-0.4, -0.2) is 12.5 Å². The van der Waals surface area contributed by atoms with Crippen molar-refractivity contribution in [1.82, 2.24) is 11.0 Å². The van der Waals surface area contributed by atoms with E-state index in [1.165, 1.54) is 6.92 Å². The molecule has 0 aliphatic carbocycles. The fraction of sp³-hybridized carbons (Fsp3) is 0.833. The third-order valence-electron chi connectivity index (χ3n) is 0.716. The third-order valence-corrected chi connectivity index (χ3v) is 0.716. The van der Waals surface area contributed by atoms with E-state index in [9.17, 15) is 4.79 Å². The van der Waals surface area contributed by atoms with Gasteiger partial charge in [-0.15, -0.1) is 5.59 Å². The molecule has 0 aromatic heterocycles. The van der Waals surface area contributed by atoms with Gasteiger partial charge in [-0.25, -0.2) is 0 Å². The minimum atomic E-state index is -0.163. The molecule has 4 nitrogen and oxygen atoms in total. The zero-order chi connectivity index (χ0) is 7.98. The first-order valence-corrected chi connectivity index (χ1v) is 3.26. The number of hydrogen-bond acceptors (Lipinski definition) is 3. The quantitative estimate of drug-likeness (QED) is 0.440. The van der Waals surface area contributed by atoms with Crippen molar-refractivity contribution in [3.05, 3.63) is 0 Å². The largest absolute Gasteiger partial charge is 0.282 e. The Kier molecular flexibility index (Phi) is 4.88. The highest BCUT2D eigenvalue weighted by atomic mass is 16.7. The van der Waals surface area contributed by atoms with Crippen LogP contribution < -0.4 is 11.0 Å². The summed E-state index contributed by atoms with van der Waals surface area (Å²) in [6, 6.07) is 0. The molecular formula is C6H14N2O2. The van der Waals surface area contributed by atoms with Crippen molar-refractivity contribution in [3.63, 3.8) is 0 Å². The third kappa shape index (κ3) is 7.39. The second kappa shape index (κ2) is 5.20. The van der Waals surface area contributed by atoms with Gasteiger partial charge in [0.15, 0.2) is 0 Å². The molecule has 1 amide bonds. The highest BCUT2D eigenvalue weighted by molar-refractivity contribution is 5.72. The molecule has 0 spiro atoms. The van der Waals surface area contributed by atoms with Crippen LogP contribution in [0.2, 0.25) is 0 Å². The van der Waals surface area contributed by atoms with Gasteiger partial charge in [0.2, 0.25) is 5.91 Å². The molecular weight excluding hydrogens is 132 g/mol. The van der Waals surface area contributed by atoms with E-state index >= 15 is 0 Å². The normalized spacial score (nSPS) is 10.0. The minimum absolute atomic E-state index is 0.163. The van der Waals surface area contributed by atoms with Crippen molar-refractivity contribution >= 4 is 5.91 Å². The molecule has 2 N–H and O–H groups in total. The topological polar surface area (TPSA) is 50.4 Å². The van der Waals surface area contributed by atoms with E-state index < -0.39 is 0 Å². The summed E-state index contributed by atoms with van der Waals surface area (Å²) >= 11 is 0. The average Bonchev–Trinajstić information content (AvgIpc) is 1.79. The van der Waals surface area contributed by atoms with Crippen molar-refractivity contribution < 1.29 is 9.63 Å². The van der Waals surface area contributed by atoms with E-state index in [-0.39, 0.29) is 5.91 Å². The van der Waals surface area contributed by atoms with Crippen LogP contribution in [0.1, 0.15) is 20.8 Å². The first-order valence-electron chi connectivity index (χ1n) is 3.26. The number of rotatable bonds is 4. The highest BCUT2D eigenvalue weighted by Gasteiger charge is 1.92. The van der Waals surface area contributed by atoms with Gasteiger partial charge in [-0.05, 0) is 5.92 Å². The van der Waals surface area contributed by atoms with E-state index in [0.29, 0.717) is 12.5 Å². The molecule has 0 unspecified atom stereocenters. The standard InChI is InChI=1S/C6H14N2O2/c1-5(2)4-10-8-7-6(3)9/h5,8H,4H2,1-3H3,(H,7,9). The second-order valence-electron chi connectivity index (χ2n) is 2.49. The Labute approximate surface area is 60.9 Å². The molecule has 0 aromatic carbocycles. The first kappa shape index (κ1) is 9.39. The van der Waals surface area contributed by atoms with Crippen molar-refractivity contribution in [2.24, 2.45) is 5.92 Å². The summed E-state index contributed by atoms with van der Waals surface area (Å²) in [4.78, 5) is 15.1. The van der Waals surface area contributed by atoms with Gasteiger partial charge in [-0.1, -0.05) is 13.8 Å². The van der Waals surface area contributed by atoms with Gasteiger partial charge in [0.25, 0.3) is 0 Å². The summed E-state index contributed by atoms with van der Waals surface area (Å²) < 4.78 is 0. The molecule has 0 aliphatic heterocycles. The van der Waals surface area contributed by atoms with Crippen LogP contribution in [0.25, 0.3) is 0 Å². The molecule has 0 bridgehead atoms. The maximum Gasteiger partial charge on any atom is 0.232 e. The number of hydrazine groups is 1. The van der Waals surface area contributed by atoms with Gasteiger partial charge in [-0.3, -0.25) is 15.1 Å². The Morgan fingerprint density at radius 3 is 2.60 bits per heavy atom. The smallest absolute Gasteiger partial charge is 0.232 e. The molecule has 0 fully saturated rings.